The first-order valence-corrected chi connectivity index (χ1v) is 11.0. The molecule has 4 rings (SSSR count). The van der Waals surface area contributed by atoms with Crippen LogP contribution in [0.1, 0.15) is 36.1 Å². The molecule has 0 bridgehead atoms. The second kappa shape index (κ2) is 9.46. The molecule has 1 saturated heterocycles. The van der Waals surface area contributed by atoms with Crippen molar-refractivity contribution in [3.8, 4) is 5.75 Å². The van der Waals surface area contributed by atoms with Crippen LogP contribution in [-0.2, 0) is 9.59 Å². The van der Waals surface area contributed by atoms with Gasteiger partial charge in [0.25, 0.3) is 11.7 Å². The zero-order valence-corrected chi connectivity index (χ0v) is 19.0. The van der Waals surface area contributed by atoms with Crippen molar-refractivity contribution in [2.45, 2.75) is 26.3 Å². The molecule has 6 nitrogen and oxygen atoms in total. The van der Waals surface area contributed by atoms with E-state index in [4.69, 9.17) is 16.3 Å². The Balaban J connectivity index is 1.91. The molecule has 1 atom stereocenters. The highest BCUT2D eigenvalue weighted by Gasteiger charge is 2.47. The minimum Gasteiger partial charge on any atom is -0.507 e. The van der Waals surface area contributed by atoms with E-state index in [1.807, 2.05) is 13.8 Å². The van der Waals surface area contributed by atoms with E-state index in [2.05, 4.69) is 4.98 Å². The van der Waals surface area contributed by atoms with Gasteiger partial charge in [0.15, 0.2) is 0 Å². The number of ether oxygens (including phenoxy) is 1. The zero-order valence-electron chi connectivity index (χ0n) is 18.3. The summed E-state index contributed by atoms with van der Waals surface area (Å²) in [6, 6.07) is 14.6. The van der Waals surface area contributed by atoms with Crippen molar-refractivity contribution in [2.24, 2.45) is 0 Å². The number of aliphatic hydroxyl groups excluding tert-OH is 1. The lowest BCUT2D eigenvalue weighted by Crippen LogP contribution is -2.30. The number of hydrogen-bond acceptors (Lipinski definition) is 5. The van der Waals surface area contributed by atoms with Gasteiger partial charge < -0.3 is 9.84 Å². The topological polar surface area (TPSA) is 79.7 Å². The first-order chi connectivity index (χ1) is 15.9. The molecule has 2 heterocycles. The smallest absolute Gasteiger partial charge is 0.300 e. The maximum Gasteiger partial charge on any atom is 0.300 e. The van der Waals surface area contributed by atoms with E-state index in [0.717, 1.165) is 12.0 Å². The minimum absolute atomic E-state index is 0.00165. The molecule has 3 aromatic rings. The Labute approximate surface area is 197 Å². The number of amides is 1. The summed E-state index contributed by atoms with van der Waals surface area (Å²) in [5.41, 5.74) is 2.31. The van der Waals surface area contributed by atoms with E-state index < -0.39 is 17.7 Å². The van der Waals surface area contributed by atoms with E-state index >= 15 is 0 Å². The number of pyridine rings is 1. The normalized spacial score (nSPS) is 17.4. The highest BCUT2D eigenvalue weighted by Crippen LogP contribution is 2.43. The number of nitrogens with zero attached hydrogens (tertiary/aromatic N) is 2. The molecule has 33 heavy (non-hydrogen) atoms. The van der Waals surface area contributed by atoms with Crippen molar-refractivity contribution >= 4 is 34.7 Å². The van der Waals surface area contributed by atoms with Crippen LogP contribution in [0, 0.1) is 6.92 Å². The fourth-order valence-corrected chi connectivity index (χ4v) is 4.06. The highest BCUT2D eigenvalue weighted by molar-refractivity contribution is 6.52. The standard InChI is InChI=1S/C26H23ClN2O4/c1-3-13-33-20-6-4-5-18(14-20)24(30)22-23(17-9-11-28-12-10-17)29(26(32)25(22)31)21-15-19(27)8-7-16(21)2/h4-12,14-15,23,30H,3,13H2,1-2H3/b24-22+. The maximum atomic E-state index is 13.3. The van der Waals surface area contributed by atoms with Crippen LogP contribution in [0.15, 0.2) is 72.6 Å². The largest absolute Gasteiger partial charge is 0.507 e. The summed E-state index contributed by atoms with van der Waals surface area (Å²) in [5, 5.41) is 11.7. The molecule has 1 amide bonds. The van der Waals surface area contributed by atoms with Gasteiger partial charge in [0.05, 0.1) is 18.2 Å². The van der Waals surface area contributed by atoms with Crippen LogP contribution in [0.4, 0.5) is 5.69 Å². The molecular formula is C26H23ClN2O4. The van der Waals surface area contributed by atoms with Gasteiger partial charge in [0.2, 0.25) is 0 Å². The third-order valence-corrected chi connectivity index (χ3v) is 5.71. The van der Waals surface area contributed by atoms with Crippen LogP contribution in [0.3, 0.4) is 0 Å². The average Bonchev–Trinajstić information content (AvgIpc) is 3.10. The zero-order chi connectivity index (χ0) is 23.5. The second-order valence-electron chi connectivity index (χ2n) is 7.76. The van der Waals surface area contributed by atoms with Gasteiger partial charge in [-0.05, 0) is 60.9 Å². The number of hydrogen-bond donors (Lipinski definition) is 1. The fourth-order valence-electron chi connectivity index (χ4n) is 3.89. The number of aromatic nitrogens is 1. The lowest BCUT2D eigenvalue weighted by atomic mass is 9.95. The van der Waals surface area contributed by atoms with E-state index in [1.54, 1.807) is 67.0 Å². The average molecular weight is 463 g/mol. The van der Waals surface area contributed by atoms with Gasteiger partial charge in [-0.2, -0.15) is 0 Å². The van der Waals surface area contributed by atoms with E-state index in [-0.39, 0.29) is 11.3 Å². The summed E-state index contributed by atoms with van der Waals surface area (Å²) in [5.74, 6) is -1.20. The number of halogens is 1. The lowest BCUT2D eigenvalue weighted by molar-refractivity contribution is -0.132. The van der Waals surface area contributed by atoms with Gasteiger partial charge in [0.1, 0.15) is 11.5 Å². The number of Topliss-reactive ketones (excluding diaryl/α,β-unsaturated/α-hetero) is 1. The second-order valence-corrected chi connectivity index (χ2v) is 8.19. The van der Waals surface area contributed by atoms with Crippen molar-refractivity contribution < 1.29 is 19.4 Å². The number of anilines is 1. The Kier molecular flexibility index (Phi) is 6.47. The van der Waals surface area contributed by atoms with Crippen LogP contribution < -0.4 is 9.64 Å². The Morgan fingerprint density at radius 1 is 1.12 bits per heavy atom. The molecule has 1 N–H and O–H groups in total. The van der Waals surface area contributed by atoms with E-state index in [0.29, 0.717) is 34.2 Å². The molecule has 1 aliphatic heterocycles. The lowest BCUT2D eigenvalue weighted by Gasteiger charge is -2.26. The van der Waals surface area contributed by atoms with Crippen LogP contribution >= 0.6 is 11.6 Å². The number of carbonyl (C=O) groups is 2. The summed E-state index contributed by atoms with van der Waals surface area (Å²) in [6.07, 6.45) is 4.00. The highest BCUT2D eigenvalue weighted by atomic mass is 35.5. The molecule has 0 aliphatic carbocycles. The summed E-state index contributed by atoms with van der Waals surface area (Å²) < 4.78 is 5.67. The summed E-state index contributed by atoms with van der Waals surface area (Å²) in [6.45, 7) is 4.36. The summed E-state index contributed by atoms with van der Waals surface area (Å²) in [7, 11) is 0. The SMILES string of the molecule is CCCOc1cccc(/C(O)=C2\C(=O)C(=O)N(c3cc(Cl)ccc3C)C2c2ccncc2)c1. The molecular weight excluding hydrogens is 440 g/mol. The van der Waals surface area contributed by atoms with Gasteiger partial charge in [-0.3, -0.25) is 19.5 Å². The molecule has 1 aromatic heterocycles. The van der Waals surface area contributed by atoms with E-state index in [1.165, 1.54) is 4.90 Å². The molecule has 1 unspecified atom stereocenters. The fraction of sp³-hybridized carbons (Fsp3) is 0.192. The molecule has 168 valence electrons. The number of aryl methyl sites for hydroxylation is 1. The molecule has 2 aromatic carbocycles. The van der Waals surface area contributed by atoms with Crippen molar-refractivity contribution in [1.29, 1.82) is 0 Å². The first kappa shape index (κ1) is 22.6. The van der Waals surface area contributed by atoms with Crippen LogP contribution in [-0.4, -0.2) is 28.4 Å². The third kappa shape index (κ3) is 4.34. The monoisotopic (exact) mass is 462 g/mol. The minimum atomic E-state index is -0.842. The number of aliphatic hydroxyl groups is 1. The van der Waals surface area contributed by atoms with Gasteiger partial charge in [-0.15, -0.1) is 0 Å². The predicted molar refractivity (Wildman–Crippen MR) is 127 cm³/mol. The Hall–Kier alpha value is -3.64. The Bertz CT molecular complexity index is 1240. The first-order valence-electron chi connectivity index (χ1n) is 10.6. The van der Waals surface area contributed by atoms with Crippen molar-refractivity contribution in [3.05, 3.63) is 94.3 Å². The molecule has 0 saturated carbocycles. The number of rotatable bonds is 6. The van der Waals surface area contributed by atoms with Crippen LogP contribution in [0.5, 0.6) is 5.75 Å². The van der Waals surface area contributed by atoms with Crippen LogP contribution in [0.2, 0.25) is 5.02 Å². The molecule has 1 aliphatic rings. The van der Waals surface area contributed by atoms with E-state index in [9.17, 15) is 14.7 Å². The van der Waals surface area contributed by atoms with Gasteiger partial charge in [-0.1, -0.05) is 36.7 Å². The number of ketones is 1. The quantitative estimate of drug-likeness (QED) is 0.299. The van der Waals surface area contributed by atoms with Crippen LogP contribution in [0.25, 0.3) is 5.76 Å². The van der Waals surface area contributed by atoms with Gasteiger partial charge in [-0.25, -0.2) is 0 Å². The predicted octanol–water partition coefficient (Wildman–Crippen LogP) is 5.46. The number of carbonyl (C=O) groups excluding carboxylic acids is 2. The maximum absolute atomic E-state index is 13.3. The number of benzene rings is 2. The molecule has 7 heteroatoms. The van der Waals surface area contributed by atoms with Crippen molar-refractivity contribution in [3.63, 3.8) is 0 Å². The van der Waals surface area contributed by atoms with Crippen molar-refractivity contribution in [1.82, 2.24) is 4.98 Å². The molecule has 1 fully saturated rings. The Morgan fingerprint density at radius 3 is 2.61 bits per heavy atom. The molecule has 0 radical (unpaired) electrons. The van der Waals surface area contributed by atoms with Crippen molar-refractivity contribution in [2.75, 3.05) is 11.5 Å². The Morgan fingerprint density at radius 2 is 1.88 bits per heavy atom. The van der Waals surface area contributed by atoms with Gasteiger partial charge in [0, 0.05) is 28.7 Å². The summed E-state index contributed by atoms with van der Waals surface area (Å²) >= 11 is 6.22. The molecule has 0 spiro atoms. The summed E-state index contributed by atoms with van der Waals surface area (Å²) in [4.78, 5) is 31.9. The van der Waals surface area contributed by atoms with Gasteiger partial charge >= 0.3 is 0 Å². The third-order valence-electron chi connectivity index (χ3n) is 5.48.